The third-order valence-electron chi connectivity index (χ3n) is 2.96. The molecule has 1 atom stereocenters. The Kier molecular flexibility index (Phi) is 5.63. The van der Waals surface area contributed by atoms with Crippen LogP contribution >= 0.6 is 0 Å². The van der Waals surface area contributed by atoms with Crippen LogP contribution in [0.25, 0.3) is 0 Å². The Balaban J connectivity index is 3.01. The summed E-state index contributed by atoms with van der Waals surface area (Å²) in [4.78, 5) is 13.7. The second-order valence-electron chi connectivity index (χ2n) is 4.25. The first-order valence-electron chi connectivity index (χ1n) is 6.24. The van der Waals surface area contributed by atoms with Crippen molar-refractivity contribution in [3.63, 3.8) is 0 Å². The van der Waals surface area contributed by atoms with Crippen LogP contribution in [-0.4, -0.2) is 49.3 Å². The molecule has 106 valence electrons. The van der Waals surface area contributed by atoms with E-state index in [1.165, 1.54) is 4.90 Å². The predicted molar refractivity (Wildman–Crippen MR) is 72.8 cm³/mol. The molecule has 0 bridgehead atoms. The smallest absolute Gasteiger partial charge is 0.254 e. The van der Waals surface area contributed by atoms with Crippen molar-refractivity contribution in [1.29, 1.82) is 0 Å². The number of carbonyl (C=O) groups excluding carboxylic acids is 1. The molecule has 0 saturated heterocycles. The van der Waals surface area contributed by atoms with Gasteiger partial charge in [0.1, 0.15) is 0 Å². The topological polar surface area (TPSA) is 59.0 Å². The first-order chi connectivity index (χ1) is 9.04. The van der Waals surface area contributed by atoms with Crippen LogP contribution < -0.4 is 9.47 Å². The van der Waals surface area contributed by atoms with Crippen LogP contribution in [0.3, 0.4) is 0 Å². The van der Waals surface area contributed by atoms with Crippen molar-refractivity contribution in [2.45, 2.75) is 19.9 Å². The van der Waals surface area contributed by atoms with Crippen molar-refractivity contribution in [2.75, 3.05) is 27.4 Å². The van der Waals surface area contributed by atoms with Crippen LogP contribution in [0.2, 0.25) is 0 Å². The highest BCUT2D eigenvalue weighted by Gasteiger charge is 2.18. The molecule has 0 spiro atoms. The number of carbonyl (C=O) groups is 1. The van der Waals surface area contributed by atoms with E-state index in [4.69, 9.17) is 14.6 Å². The number of benzene rings is 1. The summed E-state index contributed by atoms with van der Waals surface area (Å²) in [6.45, 7) is 4.08. The molecule has 0 aliphatic rings. The van der Waals surface area contributed by atoms with Crippen molar-refractivity contribution >= 4 is 5.91 Å². The Labute approximate surface area is 113 Å². The molecule has 0 aromatic heterocycles. The number of aliphatic hydroxyl groups is 1. The molecule has 1 aromatic carbocycles. The maximum atomic E-state index is 12.2. The van der Waals surface area contributed by atoms with E-state index in [1.54, 1.807) is 39.3 Å². The van der Waals surface area contributed by atoms with Gasteiger partial charge < -0.3 is 19.5 Å². The molecule has 1 rings (SSSR count). The number of hydrogen-bond donors (Lipinski definition) is 1. The van der Waals surface area contributed by atoms with Gasteiger partial charge in [0.2, 0.25) is 0 Å². The molecule has 0 aliphatic carbocycles. The molecule has 0 heterocycles. The highest BCUT2D eigenvalue weighted by atomic mass is 16.5. The molecular formula is C14H21NO4. The van der Waals surface area contributed by atoms with E-state index in [2.05, 4.69) is 0 Å². The highest BCUT2D eigenvalue weighted by molar-refractivity contribution is 5.95. The van der Waals surface area contributed by atoms with Crippen LogP contribution in [0.5, 0.6) is 11.5 Å². The number of rotatable bonds is 6. The van der Waals surface area contributed by atoms with Gasteiger partial charge in [-0.3, -0.25) is 4.79 Å². The average Bonchev–Trinajstić information content (AvgIpc) is 2.45. The maximum absolute atomic E-state index is 12.2. The Morgan fingerprint density at radius 2 is 2.11 bits per heavy atom. The summed E-state index contributed by atoms with van der Waals surface area (Å²) in [7, 11) is 3.22. The number of aliphatic hydroxyl groups excluding tert-OH is 1. The number of hydrogen-bond acceptors (Lipinski definition) is 4. The van der Waals surface area contributed by atoms with Gasteiger partial charge in [-0.15, -0.1) is 0 Å². The molecule has 1 aromatic rings. The summed E-state index contributed by atoms with van der Waals surface area (Å²) in [5.41, 5.74) is 0.507. The van der Waals surface area contributed by atoms with E-state index in [-0.39, 0.29) is 18.6 Å². The van der Waals surface area contributed by atoms with E-state index in [9.17, 15) is 4.79 Å². The van der Waals surface area contributed by atoms with Gasteiger partial charge in [-0.25, -0.2) is 0 Å². The summed E-state index contributed by atoms with van der Waals surface area (Å²) in [6, 6.07) is 4.82. The van der Waals surface area contributed by atoms with Gasteiger partial charge in [0.15, 0.2) is 11.5 Å². The lowest BCUT2D eigenvalue weighted by Crippen LogP contribution is -2.37. The lowest BCUT2D eigenvalue weighted by Gasteiger charge is -2.23. The van der Waals surface area contributed by atoms with Gasteiger partial charge in [0, 0.05) is 12.6 Å². The fourth-order valence-corrected chi connectivity index (χ4v) is 1.60. The molecule has 0 aliphatic heterocycles. The molecule has 5 nitrogen and oxygen atoms in total. The van der Waals surface area contributed by atoms with E-state index >= 15 is 0 Å². The van der Waals surface area contributed by atoms with Crippen LogP contribution in [0.1, 0.15) is 24.2 Å². The van der Waals surface area contributed by atoms with Crippen molar-refractivity contribution in [1.82, 2.24) is 4.90 Å². The molecular weight excluding hydrogens is 246 g/mol. The van der Waals surface area contributed by atoms with Crippen molar-refractivity contribution < 1.29 is 19.4 Å². The van der Waals surface area contributed by atoms with E-state index in [0.29, 0.717) is 23.7 Å². The standard InChI is InChI=1S/C14H21NO4/c1-5-19-13-8-11(6-7-12(13)18-4)14(17)15(3)10(2)9-16/h6-8,10,16H,5,9H2,1-4H3. The lowest BCUT2D eigenvalue weighted by atomic mass is 10.1. The zero-order valence-corrected chi connectivity index (χ0v) is 11.8. The van der Waals surface area contributed by atoms with Gasteiger partial charge in [0.05, 0.1) is 26.4 Å². The number of ether oxygens (including phenoxy) is 2. The first-order valence-corrected chi connectivity index (χ1v) is 6.24. The average molecular weight is 267 g/mol. The van der Waals surface area contributed by atoms with Crippen molar-refractivity contribution in [2.24, 2.45) is 0 Å². The SMILES string of the molecule is CCOc1cc(C(=O)N(C)C(C)CO)ccc1OC. The lowest BCUT2D eigenvalue weighted by molar-refractivity contribution is 0.0681. The van der Waals surface area contributed by atoms with E-state index in [1.807, 2.05) is 6.92 Å². The van der Waals surface area contributed by atoms with E-state index in [0.717, 1.165) is 0 Å². The fraction of sp³-hybridized carbons (Fsp3) is 0.500. The Morgan fingerprint density at radius 3 is 2.63 bits per heavy atom. The number of methoxy groups -OCH3 is 1. The minimum Gasteiger partial charge on any atom is -0.493 e. The molecule has 19 heavy (non-hydrogen) atoms. The van der Waals surface area contributed by atoms with Gasteiger partial charge in [-0.2, -0.15) is 0 Å². The Bertz CT molecular complexity index is 433. The quantitative estimate of drug-likeness (QED) is 0.849. The third kappa shape index (κ3) is 3.61. The summed E-state index contributed by atoms with van der Waals surface area (Å²) >= 11 is 0. The number of amides is 1. The molecule has 0 fully saturated rings. The monoisotopic (exact) mass is 267 g/mol. The highest BCUT2D eigenvalue weighted by Crippen LogP contribution is 2.28. The summed E-state index contributed by atoms with van der Waals surface area (Å²) < 4.78 is 10.6. The Hall–Kier alpha value is -1.75. The summed E-state index contributed by atoms with van der Waals surface area (Å²) in [5.74, 6) is 0.974. The third-order valence-corrected chi connectivity index (χ3v) is 2.96. The molecule has 5 heteroatoms. The zero-order valence-electron chi connectivity index (χ0n) is 11.8. The zero-order chi connectivity index (χ0) is 14.4. The van der Waals surface area contributed by atoms with Crippen molar-refractivity contribution in [3.8, 4) is 11.5 Å². The van der Waals surface area contributed by atoms with Gasteiger partial charge in [-0.1, -0.05) is 0 Å². The largest absolute Gasteiger partial charge is 0.493 e. The van der Waals surface area contributed by atoms with Gasteiger partial charge >= 0.3 is 0 Å². The fourth-order valence-electron chi connectivity index (χ4n) is 1.60. The summed E-state index contributed by atoms with van der Waals surface area (Å²) in [5, 5.41) is 9.08. The number of nitrogens with zero attached hydrogens (tertiary/aromatic N) is 1. The summed E-state index contributed by atoms with van der Waals surface area (Å²) in [6.07, 6.45) is 0. The van der Waals surface area contributed by atoms with Gasteiger partial charge in [0.25, 0.3) is 5.91 Å². The molecule has 0 radical (unpaired) electrons. The normalized spacial score (nSPS) is 11.8. The van der Waals surface area contributed by atoms with Crippen molar-refractivity contribution in [3.05, 3.63) is 23.8 Å². The van der Waals surface area contributed by atoms with Crippen LogP contribution in [-0.2, 0) is 0 Å². The van der Waals surface area contributed by atoms with Gasteiger partial charge in [-0.05, 0) is 32.0 Å². The van der Waals surface area contributed by atoms with E-state index < -0.39 is 0 Å². The molecule has 1 amide bonds. The number of likely N-dealkylation sites (N-methyl/N-ethyl adjacent to an activating group) is 1. The molecule has 1 unspecified atom stereocenters. The first kappa shape index (κ1) is 15.3. The van der Waals surface area contributed by atoms with Crippen LogP contribution in [0, 0.1) is 0 Å². The minimum absolute atomic E-state index is 0.0727. The Morgan fingerprint density at radius 1 is 1.42 bits per heavy atom. The predicted octanol–water partition coefficient (Wildman–Crippen LogP) is 1.55. The van der Waals surface area contributed by atoms with Crippen LogP contribution in [0.15, 0.2) is 18.2 Å². The maximum Gasteiger partial charge on any atom is 0.254 e. The molecule has 1 N–H and O–H groups in total. The second-order valence-corrected chi connectivity index (χ2v) is 4.25. The molecule has 0 saturated carbocycles. The minimum atomic E-state index is -0.231. The van der Waals surface area contributed by atoms with Crippen LogP contribution in [0.4, 0.5) is 0 Å². The second kappa shape index (κ2) is 6.99.